The van der Waals surface area contributed by atoms with Crippen LogP contribution in [-0.2, 0) is 0 Å². The van der Waals surface area contributed by atoms with Crippen molar-refractivity contribution in [3.8, 4) is 5.75 Å². The molecule has 164 valence electrons. The molecular formula is C26H18Cl2N2O3. The SMILES string of the molecule is Cc1cccc(C(=O)Oc2ccc3ccccc3c2/C=N/NC(=O)c2ccc(Cl)c(Cl)c2)c1. The third kappa shape index (κ3) is 5.22. The number of esters is 1. The summed E-state index contributed by atoms with van der Waals surface area (Å²) >= 11 is 11.9. The van der Waals surface area contributed by atoms with Gasteiger partial charge in [0.1, 0.15) is 5.75 Å². The van der Waals surface area contributed by atoms with Gasteiger partial charge in [-0.3, -0.25) is 4.79 Å². The molecule has 5 nitrogen and oxygen atoms in total. The Morgan fingerprint density at radius 2 is 1.70 bits per heavy atom. The summed E-state index contributed by atoms with van der Waals surface area (Å²) in [5.41, 5.74) is 4.73. The molecule has 0 spiro atoms. The molecule has 0 aliphatic carbocycles. The van der Waals surface area contributed by atoms with Crippen LogP contribution in [-0.4, -0.2) is 18.1 Å². The number of aryl methyl sites for hydroxylation is 1. The molecule has 0 saturated heterocycles. The van der Waals surface area contributed by atoms with Gasteiger partial charge in [-0.05, 0) is 54.1 Å². The molecule has 0 saturated carbocycles. The van der Waals surface area contributed by atoms with Crippen LogP contribution in [0.25, 0.3) is 10.8 Å². The Morgan fingerprint density at radius 1 is 0.879 bits per heavy atom. The van der Waals surface area contributed by atoms with E-state index < -0.39 is 11.9 Å². The molecule has 0 radical (unpaired) electrons. The van der Waals surface area contributed by atoms with Crippen LogP contribution in [0.3, 0.4) is 0 Å². The van der Waals surface area contributed by atoms with Gasteiger partial charge in [0, 0.05) is 11.1 Å². The molecule has 1 amide bonds. The van der Waals surface area contributed by atoms with Gasteiger partial charge in [0.05, 0.1) is 21.8 Å². The van der Waals surface area contributed by atoms with Crippen molar-refractivity contribution >= 4 is 52.1 Å². The van der Waals surface area contributed by atoms with Crippen molar-refractivity contribution in [2.75, 3.05) is 0 Å². The van der Waals surface area contributed by atoms with Crippen LogP contribution in [0.15, 0.2) is 84.0 Å². The van der Waals surface area contributed by atoms with E-state index in [1.165, 1.54) is 18.3 Å². The summed E-state index contributed by atoms with van der Waals surface area (Å²) in [6, 6.07) is 22.9. The molecule has 0 bridgehead atoms. The first-order chi connectivity index (χ1) is 15.9. The van der Waals surface area contributed by atoms with Crippen molar-refractivity contribution < 1.29 is 14.3 Å². The van der Waals surface area contributed by atoms with Gasteiger partial charge in [0.2, 0.25) is 0 Å². The molecule has 1 N–H and O–H groups in total. The summed E-state index contributed by atoms with van der Waals surface area (Å²) < 4.78 is 5.69. The number of carbonyl (C=O) groups is 2. The van der Waals surface area contributed by atoms with Crippen molar-refractivity contribution in [1.29, 1.82) is 0 Å². The van der Waals surface area contributed by atoms with Crippen molar-refractivity contribution in [3.05, 3.63) is 111 Å². The predicted octanol–water partition coefficient (Wildman–Crippen LogP) is 6.44. The lowest BCUT2D eigenvalue weighted by atomic mass is 10.0. The number of hydrogen-bond donors (Lipinski definition) is 1. The van der Waals surface area contributed by atoms with E-state index >= 15 is 0 Å². The molecule has 4 aromatic carbocycles. The van der Waals surface area contributed by atoms with Gasteiger partial charge < -0.3 is 4.74 Å². The minimum Gasteiger partial charge on any atom is -0.422 e. The standard InChI is InChI=1S/C26H18Cl2N2O3/c1-16-5-4-7-19(13-16)26(32)33-24-12-10-17-6-2-3-8-20(17)21(24)15-29-30-25(31)18-9-11-22(27)23(28)14-18/h2-15H,1H3,(H,30,31)/b29-15+. The van der Waals surface area contributed by atoms with Crippen LogP contribution in [0.2, 0.25) is 10.0 Å². The third-order valence-corrected chi connectivity index (χ3v) is 5.67. The number of benzene rings is 4. The van der Waals surface area contributed by atoms with Gasteiger partial charge in [-0.25, -0.2) is 10.2 Å². The quantitative estimate of drug-likeness (QED) is 0.156. The van der Waals surface area contributed by atoms with Crippen molar-refractivity contribution in [1.82, 2.24) is 5.43 Å². The zero-order chi connectivity index (χ0) is 23.4. The lowest BCUT2D eigenvalue weighted by molar-refractivity contribution is 0.0734. The molecule has 0 atom stereocenters. The number of fused-ring (bicyclic) bond motifs is 1. The van der Waals surface area contributed by atoms with E-state index in [1.54, 1.807) is 30.3 Å². The molecule has 0 aliphatic heterocycles. The highest BCUT2D eigenvalue weighted by molar-refractivity contribution is 6.42. The molecule has 0 heterocycles. The number of halogens is 2. The smallest absolute Gasteiger partial charge is 0.343 e. The van der Waals surface area contributed by atoms with E-state index in [4.69, 9.17) is 27.9 Å². The van der Waals surface area contributed by atoms with Crippen molar-refractivity contribution in [2.24, 2.45) is 5.10 Å². The molecule has 33 heavy (non-hydrogen) atoms. The van der Waals surface area contributed by atoms with Gasteiger partial charge in [-0.1, -0.05) is 71.2 Å². The molecule has 4 aromatic rings. The number of ether oxygens (including phenoxy) is 1. The molecule has 0 unspecified atom stereocenters. The number of carbonyl (C=O) groups excluding carboxylic acids is 2. The maximum atomic E-state index is 12.7. The second-order valence-electron chi connectivity index (χ2n) is 7.29. The molecule has 7 heteroatoms. The second kappa shape index (κ2) is 9.86. The third-order valence-electron chi connectivity index (χ3n) is 4.93. The zero-order valence-electron chi connectivity index (χ0n) is 17.5. The monoisotopic (exact) mass is 476 g/mol. The second-order valence-corrected chi connectivity index (χ2v) is 8.10. The van der Waals surface area contributed by atoms with Gasteiger partial charge in [0.25, 0.3) is 5.91 Å². The van der Waals surface area contributed by atoms with Gasteiger partial charge in [-0.2, -0.15) is 5.10 Å². The Hall–Kier alpha value is -3.67. The normalized spacial score (nSPS) is 11.0. The lowest BCUT2D eigenvalue weighted by Gasteiger charge is -2.11. The van der Waals surface area contributed by atoms with Crippen molar-refractivity contribution in [2.45, 2.75) is 6.92 Å². The summed E-state index contributed by atoms with van der Waals surface area (Å²) in [4.78, 5) is 25.2. The summed E-state index contributed by atoms with van der Waals surface area (Å²) in [7, 11) is 0. The van der Waals surface area contributed by atoms with Gasteiger partial charge >= 0.3 is 5.97 Å². The summed E-state index contributed by atoms with van der Waals surface area (Å²) in [5.74, 6) is -0.612. The average Bonchev–Trinajstić information content (AvgIpc) is 2.81. The van der Waals surface area contributed by atoms with Gasteiger partial charge in [0.15, 0.2) is 0 Å². The number of nitrogens with zero attached hydrogens (tertiary/aromatic N) is 1. The molecule has 4 rings (SSSR count). The van der Waals surface area contributed by atoms with E-state index in [-0.39, 0.29) is 5.02 Å². The number of rotatable bonds is 5. The topological polar surface area (TPSA) is 67.8 Å². The van der Waals surface area contributed by atoms with Crippen LogP contribution >= 0.6 is 23.2 Å². The highest BCUT2D eigenvalue weighted by atomic mass is 35.5. The lowest BCUT2D eigenvalue weighted by Crippen LogP contribution is -2.17. The van der Waals surface area contributed by atoms with Gasteiger partial charge in [-0.15, -0.1) is 0 Å². The minimum atomic E-state index is -0.483. The maximum Gasteiger partial charge on any atom is 0.343 e. The summed E-state index contributed by atoms with van der Waals surface area (Å²) in [6.45, 7) is 1.90. The van der Waals surface area contributed by atoms with Crippen LogP contribution in [0.4, 0.5) is 0 Å². The summed E-state index contributed by atoms with van der Waals surface area (Å²) in [6.07, 6.45) is 1.45. The Bertz CT molecular complexity index is 1400. The van der Waals surface area contributed by atoms with Crippen LogP contribution in [0.5, 0.6) is 5.75 Å². The number of nitrogens with one attached hydrogen (secondary N) is 1. The number of hydrogen-bond acceptors (Lipinski definition) is 4. The van der Waals surface area contributed by atoms with Crippen LogP contribution in [0, 0.1) is 6.92 Å². The average molecular weight is 477 g/mol. The fourth-order valence-electron chi connectivity index (χ4n) is 3.29. The van der Waals surface area contributed by atoms with E-state index in [0.29, 0.717) is 27.5 Å². The van der Waals surface area contributed by atoms with Crippen molar-refractivity contribution in [3.63, 3.8) is 0 Å². The first-order valence-corrected chi connectivity index (χ1v) is 10.8. The Balaban J connectivity index is 1.63. The predicted molar refractivity (Wildman–Crippen MR) is 132 cm³/mol. The van der Waals surface area contributed by atoms with Crippen LogP contribution in [0.1, 0.15) is 31.8 Å². The van der Waals surface area contributed by atoms with E-state index in [0.717, 1.165) is 16.3 Å². The largest absolute Gasteiger partial charge is 0.422 e. The van der Waals surface area contributed by atoms with E-state index in [1.807, 2.05) is 43.3 Å². The molecule has 0 aliphatic rings. The van der Waals surface area contributed by atoms with Crippen LogP contribution < -0.4 is 10.2 Å². The highest BCUT2D eigenvalue weighted by Gasteiger charge is 2.14. The zero-order valence-corrected chi connectivity index (χ0v) is 19.0. The molecular weight excluding hydrogens is 459 g/mol. The first-order valence-electron chi connectivity index (χ1n) is 10.0. The molecule has 0 aromatic heterocycles. The number of amides is 1. The highest BCUT2D eigenvalue weighted by Crippen LogP contribution is 2.28. The minimum absolute atomic E-state index is 0.271. The Morgan fingerprint density at radius 3 is 2.48 bits per heavy atom. The fraction of sp³-hybridized carbons (Fsp3) is 0.0385. The first kappa shape index (κ1) is 22.5. The fourth-order valence-corrected chi connectivity index (χ4v) is 3.58. The van der Waals surface area contributed by atoms with E-state index in [2.05, 4.69) is 10.5 Å². The summed E-state index contributed by atoms with van der Waals surface area (Å²) in [5, 5.41) is 6.46. The Labute approximate surface area is 200 Å². The molecule has 0 fully saturated rings. The number of hydrazone groups is 1. The van der Waals surface area contributed by atoms with E-state index in [9.17, 15) is 9.59 Å². The maximum absolute atomic E-state index is 12.7. The Kier molecular flexibility index (Phi) is 6.73.